The Labute approximate surface area is 178 Å². The van der Waals surface area contributed by atoms with Crippen LogP contribution in [0, 0.1) is 6.92 Å². The summed E-state index contributed by atoms with van der Waals surface area (Å²) in [5.74, 6) is -1.16. The summed E-state index contributed by atoms with van der Waals surface area (Å²) in [6.07, 6.45) is 1.76. The third kappa shape index (κ3) is 6.06. The molecule has 0 radical (unpaired) electrons. The van der Waals surface area contributed by atoms with E-state index in [9.17, 15) is 18.0 Å². The first-order valence-corrected chi connectivity index (χ1v) is 11.2. The molecule has 2 aromatic carbocycles. The standard InChI is InChI=1S/C22H28N2O5S/c1-5-7-17(3)23-21(25)15-29-22(26)18-8-6-9-20(14-18)30(27,28)24(4)19-12-10-16(2)11-13-19/h6,8-14,17H,5,7,15H2,1-4H3,(H,23,25)/t17-/m1/s1. The maximum absolute atomic E-state index is 13.0. The fraction of sp³-hybridized carbons (Fsp3) is 0.364. The molecule has 7 nitrogen and oxygen atoms in total. The first-order chi connectivity index (χ1) is 14.1. The molecule has 1 amide bonds. The molecule has 0 fully saturated rings. The molecular weight excluding hydrogens is 404 g/mol. The number of sulfonamides is 1. The summed E-state index contributed by atoms with van der Waals surface area (Å²) in [5, 5.41) is 2.74. The van der Waals surface area contributed by atoms with Crippen LogP contribution in [0.15, 0.2) is 53.4 Å². The molecule has 0 saturated heterocycles. The molecule has 0 aliphatic heterocycles. The Balaban J connectivity index is 2.10. The molecule has 162 valence electrons. The lowest BCUT2D eigenvalue weighted by molar-refractivity contribution is -0.124. The van der Waals surface area contributed by atoms with E-state index in [1.54, 1.807) is 12.1 Å². The van der Waals surface area contributed by atoms with E-state index >= 15 is 0 Å². The van der Waals surface area contributed by atoms with Crippen LogP contribution in [0.1, 0.15) is 42.6 Å². The van der Waals surface area contributed by atoms with Crippen molar-refractivity contribution in [2.24, 2.45) is 0 Å². The van der Waals surface area contributed by atoms with Gasteiger partial charge in [-0.05, 0) is 50.6 Å². The highest BCUT2D eigenvalue weighted by molar-refractivity contribution is 7.92. The molecule has 0 spiro atoms. The van der Waals surface area contributed by atoms with Crippen molar-refractivity contribution in [2.45, 2.75) is 44.6 Å². The lowest BCUT2D eigenvalue weighted by atomic mass is 10.2. The molecule has 1 N–H and O–H groups in total. The summed E-state index contributed by atoms with van der Waals surface area (Å²) in [6.45, 7) is 5.38. The number of hydrogen-bond acceptors (Lipinski definition) is 5. The van der Waals surface area contributed by atoms with Gasteiger partial charge in [0.25, 0.3) is 15.9 Å². The normalized spacial score (nSPS) is 12.1. The number of ether oxygens (including phenoxy) is 1. The van der Waals surface area contributed by atoms with E-state index in [2.05, 4.69) is 5.32 Å². The molecular formula is C22H28N2O5S. The molecule has 0 saturated carbocycles. The predicted octanol–water partition coefficient (Wildman–Crippen LogP) is 3.28. The zero-order chi connectivity index (χ0) is 22.3. The minimum Gasteiger partial charge on any atom is -0.452 e. The Bertz CT molecular complexity index is 987. The second-order valence-electron chi connectivity index (χ2n) is 7.17. The van der Waals surface area contributed by atoms with Gasteiger partial charge in [0.15, 0.2) is 6.61 Å². The first-order valence-electron chi connectivity index (χ1n) is 9.77. The van der Waals surface area contributed by atoms with Crippen molar-refractivity contribution in [1.82, 2.24) is 5.32 Å². The summed E-state index contributed by atoms with van der Waals surface area (Å²) in [7, 11) is -2.42. The molecule has 0 heterocycles. The van der Waals surface area contributed by atoms with Crippen molar-refractivity contribution in [3.05, 3.63) is 59.7 Å². The van der Waals surface area contributed by atoms with Gasteiger partial charge in [-0.25, -0.2) is 13.2 Å². The van der Waals surface area contributed by atoms with Gasteiger partial charge in [-0.15, -0.1) is 0 Å². The van der Waals surface area contributed by atoms with Crippen LogP contribution in [0.5, 0.6) is 0 Å². The number of carbonyl (C=O) groups excluding carboxylic acids is 2. The summed E-state index contributed by atoms with van der Waals surface area (Å²) >= 11 is 0. The number of nitrogens with one attached hydrogen (secondary N) is 1. The molecule has 0 bridgehead atoms. The summed E-state index contributed by atoms with van der Waals surface area (Å²) in [4.78, 5) is 24.1. The Kier molecular flexibility index (Phi) is 8.00. The number of nitrogens with zero attached hydrogens (tertiary/aromatic N) is 1. The average molecular weight is 433 g/mol. The molecule has 0 unspecified atom stereocenters. The lowest BCUT2D eigenvalue weighted by Gasteiger charge is -2.20. The SMILES string of the molecule is CCC[C@@H](C)NC(=O)COC(=O)c1cccc(S(=O)(=O)N(C)c2ccc(C)cc2)c1. The molecule has 2 rings (SSSR count). The van der Waals surface area contributed by atoms with Gasteiger partial charge >= 0.3 is 5.97 Å². The first kappa shape index (κ1) is 23.4. The highest BCUT2D eigenvalue weighted by atomic mass is 32.2. The quantitative estimate of drug-likeness (QED) is 0.614. The Morgan fingerprint density at radius 1 is 1.13 bits per heavy atom. The van der Waals surface area contributed by atoms with E-state index < -0.39 is 28.5 Å². The number of benzene rings is 2. The van der Waals surface area contributed by atoms with Crippen LogP contribution in [0.2, 0.25) is 0 Å². The third-order valence-electron chi connectivity index (χ3n) is 4.59. The largest absolute Gasteiger partial charge is 0.452 e. The Morgan fingerprint density at radius 2 is 1.80 bits per heavy atom. The van der Waals surface area contributed by atoms with Crippen molar-refractivity contribution in [1.29, 1.82) is 0 Å². The Hall–Kier alpha value is -2.87. The van der Waals surface area contributed by atoms with E-state index in [1.165, 1.54) is 31.3 Å². The fourth-order valence-corrected chi connectivity index (χ4v) is 4.11. The number of esters is 1. The van der Waals surface area contributed by atoms with Gasteiger partial charge in [0, 0.05) is 13.1 Å². The highest BCUT2D eigenvalue weighted by Gasteiger charge is 2.23. The third-order valence-corrected chi connectivity index (χ3v) is 6.37. The van der Waals surface area contributed by atoms with Crippen LogP contribution in [-0.4, -0.2) is 40.0 Å². The van der Waals surface area contributed by atoms with Crippen LogP contribution in [-0.2, 0) is 19.6 Å². The maximum Gasteiger partial charge on any atom is 0.338 e. The van der Waals surface area contributed by atoms with E-state index in [1.807, 2.05) is 32.9 Å². The van der Waals surface area contributed by atoms with Crippen LogP contribution in [0.25, 0.3) is 0 Å². The molecule has 8 heteroatoms. The fourth-order valence-electron chi connectivity index (χ4n) is 2.87. The van der Waals surface area contributed by atoms with Crippen LogP contribution in [0.4, 0.5) is 5.69 Å². The van der Waals surface area contributed by atoms with Crippen molar-refractivity contribution in [3.63, 3.8) is 0 Å². The van der Waals surface area contributed by atoms with E-state index in [0.29, 0.717) is 5.69 Å². The molecule has 30 heavy (non-hydrogen) atoms. The molecule has 1 atom stereocenters. The second kappa shape index (κ2) is 10.2. The monoisotopic (exact) mass is 432 g/mol. The van der Waals surface area contributed by atoms with Crippen molar-refractivity contribution in [2.75, 3.05) is 18.0 Å². The highest BCUT2D eigenvalue weighted by Crippen LogP contribution is 2.23. The van der Waals surface area contributed by atoms with Gasteiger partial charge in [-0.3, -0.25) is 9.10 Å². The smallest absolute Gasteiger partial charge is 0.338 e. The van der Waals surface area contributed by atoms with Crippen molar-refractivity contribution < 1.29 is 22.7 Å². The summed E-state index contributed by atoms with van der Waals surface area (Å²) < 4.78 is 32.1. The predicted molar refractivity (Wildman–Crippen MR) is 116 cm³/mol. The molecule has 0 aliphatic carbocycles. The van der Waals surface area contributed by atoms with Gasteiger partial charge in [-0.1, -0.05) is 37.1 Å². The topological polar surface area (TPSA) is 92.8 Å². The van der Waals surface area contributed by atoms with Gasteiger partial charge in [0.1, 0.15) is 0 Å². The second-order valence-corrected chi connectivity index (χ2v) is 9.14. The minimum absolute atomic E-state index is 0.00742. The number of rotatable bonds is 9. The van der Waals surface area contributed by atoms with Gasteiger partial charge in [-0.2, -0.15) is 0 Å². The maximum atomic E-state index is 13.0. The van der Waals surface area contributed by atoms with Crippen LogP contribution in [0.3, 0.4) is 0 Å². The van der Waals surface area contributed by atoms with Gasteiger partial charge < -0.3 is 10.1 Å². The van der Waals surface area contributed by atoms with Crippen LogP contribution >= 0.6 is 0 Å². The zero-order valence-electron chi connectivity index (χ0n) is 17.7. The lowest BCUT2D eigenvalue weighted by Crippen LogP contribution is -2.35. The average Bonchev–Trinajstić information content (AvgIpc) is 2.72. The number of anilines is 1. The van der Waals surface area contributed by atoms with E-state index in [0.717, 1.165) is 22.7 Å². The summed E-state index contributed by atoms with van der Waals surface area (Å²) in [5.41, 5.74) is 1.58. The molecule has 0 aromatic heterocycles. The minimum atomic E-state index is -3.87. The molecule has 2 aromatic rings. The number of aryl methyl sites for hydroxylation is 1. The number of amides is 1. The Morgan fingerprint density at radius 3 is 2.43 bits per heavy atom. The van der Waals surface area contributed by atoms with Crippen LogP contribution < -0.4 is 9.62 Å². The molecule has 0 aliphatic rings. The van der Waals surface area contributed by atoms with Crippen molar-refractivity contribution >= 4 is 27.6 Å². The number of carbonyl (C=O) groups is 2. The van der Waals surface area contributed by atoms with Gasteiger partial charge in [0.05, 0.1) is 16.1 Å². The zero-order valence-corrected chi connectivity index (χ0v) is 18.5. The van der Waals surface area contributed by atoms with Gasteiger partial charge in [0.2, 0.25) is 0 Å². The van der Waals surface area contributed by atoms with Crippen molar-refractivity contribution in [3.8, 4) is 0 Å². The summed E-state index contributed by atoms with van der Waals surface area (Å²) in [6, 6.07) is 12.6. The number of hydrogen-bond donors (Lipinski definition) is 1. The van der Waals surface area contributed by atoms with E-state index in [4.69, 9.17) is 4.74 Å². The van der Waals surface area contributed by atoms with E-state index in [-0.39, 0.29) is 16.5 Å².